The van der Waals surface area contributed by atoms with Crippen molar-refractivity contribution in [3.63, 3.8) is 0 Å². The normalized spacial score (nSPS) is 33.7. The minimum absolute atomic E-state index is 0.0648. The average molecular weight is 629 g/mol. The lowest BCUT2D eigenvalue weighted by Gasteiger charge is -2.47. The van der Waals surface area contributed by atoms with Crippen molar-refractivity contribution in [2.75, 3.05) is 0 Å². The summed E-state index contributed by atoms with van der Waals surface area (Å²) in [7, 11) is -4.08. The van der Waals surface area contributed by atoms with E-state index in [2.05, 4.69) is 0 Å². The molecule has 4 fully saturated rings. The molecule has 4 aliphatic heterocycles. The van der Waals surface area contributed by atoms with Gasteiger partial charge in [-0.05, 0) is 52.0 Å². The molecule has 0 spiro atoms. The molecule has 0 saturated carbocycles. The zero-order chi connectivity index (χ0) is 32.1. The molecule has 0 radical (unpaired) electrons. The highest BCUT2D eigenvalue weighted by molar-refractivity contribution is 7.49. The number of amides is 2. The van der Waals surface area contributed by atoms with Crippen molar-refractivity contribution in [1.29, 1.82) is 0 Å². The lowest BCUT2D eigenvalue weighted by atomic mass is 9.79. The molecule has 2 N–H and O–H groups in total. The van der Waals surface area contributed by atoms with Crippen LogP contribution in [0.2, 0.25) is 0 Å². The van der Waals surface area contributed by atoms with Crippen molar-refractivity contribution >= 4 is 25.4 Å². The van der Waals surface area contributed by atoms with Gasteiger partial charge >= 0.3 is 7.82 Å². The standard InChI is InChI=1S/C22H26NO6P.C10H15NO3/c1-14-20-19(16(3)24)22(25)23(20)15(2)21(14)29-30(26,27-17-10-6-4-7-11-17)28-18-12-8-5-9-13-18;1-4-8-7(6(3)12)10(14)11(8)5(2)9(4)13/h4-16,19-21,24H,1-3H3;4-8,12H,1-3H3/t14-,15?,16-,19?,20?,21?;4-,5?,6-,7?,8?/m11/s1. The number of hydrogen-bond acceptors (Lipinski definition) is 9. The van der Waals surface area contributed by atoms with E-state index in [1.807, 2.05) is 32.9 Å². The van der Waals surface area contributed by atoms with Crippen LogP contribution in [0.5, 0.6) is 11.5 Å². The van der Waals surface area contributed by atoms with Crippen LogP contribution in [0.1, 0.15) is 41.5 Å². The molecule has 12 heteroatoms. The van der Waals surface area contributed by atoms with E-state index in [0.717, 1.165) is 0 Å². The van der Waals surface area contributed by atoms with Crippen LogP contribution in [0.15, 0.2) is 60.7 Å². The molecule has 0 aromatic heterocycles. The molecule has 44 heavy (non-hydrogen) atoms. The Hall–Kier alpha value is -3.24. The second-order valence-electron chi connectivity index (χ2n) is 12.3. The summed E-state index contributed by atoms with van der Waals surface area (Å²) in [6.07, 6.45) is -1.97. The second kappa shape index (κ2) is 12.3. The topological polar surface area (TPSA) is 143 Å². The van der Waals surface area contributed by atoms with Crippen molar-refractivity contribution in [2.24, 2.45) is 23.7 Å². The van der Waals surface area contributed by atoms with Crippen LogP contribution in [0, 0.1) is 23.7 Å². The van der Waals surface area contributed by atoms with Gasteiger partial charge in [-0.15, -0.1) is 0 Å². The van der Waals surface area contributed by atoms with Gasteiger partial charge < -0.3 is 29.1 Å². The van der Waals surface area contributed by atoms with Crippen molar-refractivity contribution in [1.82, 2.24) is 9.80 Å². The van der Waals surface area contributed by atoms with E-state index in [4.69, 9.17) is 13.6 Å². The summed E-state index contributed by atoms with van der Waals surface area (Å²) in [5.41, 5.74) is 0. The van der Waals surface area contributed by atoms with Gasteiger partial charge in [0.25, 0.3) is 0 Å². The highest BCUT2D eigenvalue weighted by atomic mass is 31.2. The van der Waals surface area contributed by atoms with Gasteiger partial charge in [0.2, 0.25) is 11.8 Å². The van der Waals surface area contributed by atoms with Gasteiger partial charge in [-0.25, -0.2) is 4.57 Å². The van der Waals surface area contributed by atoms with Gasteiger partial charge in [0.1, 0.15) is 11.5 Å². The zero-order valence-corrected chi connectivity index (χ0v) is 26.6. The molecule has 7 unspecified atom stereocenters. The zero-order valence-electron chi connectivity index (χ0n) is 25.7. The smallest absolute Gasteiger partial charge is 0.395 e. The number of para-hydroxylation sites is 2. The van der Waals surface area contributed by atoms with Gasteiger partial charge in [-0.3, -0.25) is 18.9 Å². The van der Waals surface area contributed by atoms with Crippen LogP contribution < -0.4 is 9.05 Å². The quantitative estimate of drug-likeness (QED) is 0.331. The molecular formula is C32H41N2O9P. The first-order valence-electron chi connectivity index (χ1n) is 15.1. The molecule has 11 atom stereocenters. The van der Waals surface area contributed by atoms with Crippen molar-refractivity contribution in [2.45, 2.75) is 84.0 Å². The maximum Gasteiger partial charge on any atom is 0.587 e. The SMILES string of the molecule is CC1C(=O)[C@H](C)C2C([C@@H](C)O)C(=O)N12.CC1C(OP(=O)(Oc2ccccc2)Oc2ccccc2)[C@H](C)C2C([C@@H](C)O)C(=O)N12. The van der Waals surface area contributed by atoms with Crippen LogP contribution >= 0.6 is 7.82 Å². The van der Waals surface area contributed by atoms with Crippen LogP contribution in [0.3, 0.4) is 0 Å². The van der Waals surface area contributed by atoms with E-state index in [1.165, 1.54) is 0 Å². The number of phosphoric ester groups is 1. The lowest BCUT2D eigenvalue weighted by molar-refractivity contribution is -0.165. The largest absolute Gasteiger partial charge is 0.587 e. The summed E-state index contributed by atoms with van der Waals surface area (Å²) in [5, 5.41) is 19.4. The average Bonchev–Trinajstić information content (AvgIpc) is 3.28. The molecule has 4 saturated heterocycles. The van der Waals surface area contributed by atoms with Gasteiger partial charge in [-0.1, -0.05) is 50.2 Å². The van der Waals surface area contributed by atoms with Gasteiger partial charge in [0.15, 0.2) is 5.78 Å². The summed E-state index contributed by atoms with van der Waals surface area (Å²) >= 11 is 0. The fourth-order valence-corrected chi connectivity index (χ4v) is 8.79. The Morgan fingerprint density at radius 2 is 1.18 bits per heavy atom. The number of nitrogens with zero attached hydrogens (tertiary/aromatic N) is 2. The van der Waals surface area contributed by atoms with E-state index < -0.39 is 32.1 Å². The Morgan fingerprint density at radius 1 is 0.727 bits per heavy atom. The second-order valence-corrected chi connectivity index (χ2v) is 13.8. The summed E-state index contributed by atoms with van der Waals surface area (Å²) in [4.78, 5) is 39.0. The number of β-lactam (4-membered cyclic amide) rings is 2. The third-order valence-electron chi connectivity index (χ3n) is 9.43. The van der Waals surface area contributed by atoms with Crippen molar-refractivity contribution in [3.8, 4) is 11.5 Å². The number of carbonyl (C=O) groups is 3. The number of ketones is 1. The number of benzene rings is 2. The molecule has 0 bridgehead atoms. The number of fused-ring (bicyclic) bond motifs is 2. The van der Waals surface area contributed by atoms with Crippen LogP contribution in [-0.2, 0) is 23.5 Å². The number of Topliss-reactive ketones (excluding diaryl/α,β-unsaturated/α-hetero) is 1. The maximum absolute atomic E-state index is 13.7. The van der Waals surface area contributed by atoms with Gasteiger partial charge in [0.05, 0.1) is 54.3 Å². The Bertz CT molecular complexity index is 1380. The van der Waals surface area contributed by atoms with E-state index in [1.54, 1.807) is 79.1 Å². The highest BCUT2D eigenvalue weighted by Crippen LogP contribution is 2.55. The first-order chi connectivity index (χ1) is 20.8. The molecule has 4 heterocycles. The molecule has 2 aromatic carbocycles. The fraction of sp³-hybridized carbons (Fsp3) is 0.531. The predicted octanol–water partition coefficient (Wildman–Crippen LogP) is 3.69. The van der Waals surface area contributed by atoms with E-state index in [0.29, 0.717) is 11.5 Å². The van der Waals surface area contributed by atoms with Gasteiger partial charge in [0, 0.05) is 11.8 Å². The molecule has 238 valence electrons. The summed E-state index contributed by atoms with van der Waals surface area (Å²) in [6.45, 7) is 10.6. The first kappa shape index (κ1) is 32.2. The number of aliphatic hydroxyl groups excluding tert-OH is 2. The molecule has 2 amide bonds. The van der Waals surface area contributed by atoms with Gasteiger partial charge in [-0.2, -0.15) is 0 Å². The van der Waals surface area contributed by atoms with Crippen LogP contribution in [0.4, 0.5) is 0 Å². The number of hydrogen-bond donors (Lipinski definition) is 2. The molecule has 4 aliphatic rings. The summed E-state index contributed by atoms with van der Waals surface area (Å²) < 4.78 is 31.2. The Morgan fingerprint density at radius 3 is 1.66 bits per heavy atom. The third kappa shape index (κ3) is 5.55. The molecule has 2 aromatic rings. The molecular weight excluding hydrogens is 587 g/mol. The molecule has 0 aliphatic carbocycles. The third-order valence-corrected chi connectivity index (χ3v) is 10.8. The predicted molar refractivity (Wildman–Crippen MR) is 160 cm³/mol. The van der Waals surface area contributed by atoms with E-state index in [9.17, 15) is 29.2 Å². The maximum atomic E-state index is 13.7. The minimum Gasteiger partial charge on any atom is -0.395 e. The fourth-order valence-electron chi connectivity index (χ4n) is 7.24. The number of phosphoric acid groups is 1. The Labute approximate surface area is 257 Å². The first-order valence-corrected chi connectivity index (χ1v) is 16.6. The van der Waals surface area contributed by atoms with Crippen LogP contribution in [0.25, 0.3) is 0 Å². The molecule has 11 nitrogen and oxygen atoms in total. The monoisotopic (exact) mass is 628 g/mol. The number of aliphatic hydroxyl groups is 2. The Kier molecular flexibility index (Phi) is 8.97. The highest BCUT2D eigenvalue weighted by Gasteiger charge is 2.63. The van der Waals surface area contributed by atoms with E-state index >= 15 is 0 Å². The van der Waals surface area contributed by atoms with Crippen molar-refractivity contribution in [3.05, 3.63) is 60.7 Å². The summed E-state index contributed by atoms with van der Waals surface area (Å²) in [5.74, 6) is -0.455. The van der Waals surface area contributed by atoms with Crippen molar-refractivity contribution < 1.29 is 42.7 Å². The van der Waals surface area contributed by atoms with Crippen LogP contribution in [-0.4, -0.2) is 80.1 Å². The summed E-state index contributed by atoms with van der Waals surface area (Å²) in [6, 6.07) is 16.6. The van der Waals surface area contributed by atoms with E-state index in [-0.39, 0.29) is 59.5 Å². The minimum atomic E-state index is -4.08. The number of carbonyl (C=O) groups excluding carboxylic acids is 3. The lowest BCUT2D eigenvalue weighted by Crippen LogP contribution is -2.64. The Balaban J connectivity index is 0.000000229. The molecule has 6 rings (SSSR count). The number of rotatable bonds is 8.